The molecule has 0 bridgehead atoms. The molecular formula is C18H25NO5. The lowest BCUT2D eigenvalue weighted by molar-refractivity contribution is -0.142. The summed E-state index contributed by atoms with van der Waals surface area (Å²) in [5.74, 6) is -0.577. The molecule has 0 spiro atoms. The van der Waals surface area contributed by atoms with E-state index >= 15 is 0 Å². The fourth-order valence-electron chi connectivity index (χ4n) is 2.79. The molecule has 1 unspecified atom stereocenters. The van der Waals surface area contributed by atoms with Crippen LogP contribution in [0.1, 0.15) is 39.2 Å². The fraction of sp³-hybridized carbons (Fsp3) is 0.556. The van der Waals surface area contributed by atoms with E-state index in [1.807, 2.05) is 32.9 Å². The van der Waals surface area contributed by atoms with E-state index in [0.29, 0.717) is 17.9 Å². The highest BCUT2D eigenvalue weighted by Crippen LogP contribution is 2.41. The molecule has 1 aliphatic rings. The summed E-state index contributed by atoms with van der Waals surface area (Å²) in [6.07, 6.45) is 2.08. The summed E-state index contributed by atoms with van der Waals surface area (Å²) in [5.41, 5.74) is 0.783. The summed E-state index contributed by atoms with van der Waals surface area (Å²) in [6.45, 7) is 5.87. The van der Waals surface area contributed by atoms with Crippen molar-refractivity contribution in [3.05, 3.63) is 23.8 Å². The summed E-state index contributed by atoms with van der Waals surface area (Å²) in [5, 5.41) is 11.7. The van der Waals surface area contributed by atoms with Gasteiger partial charge in [-0.3, -0.25) is 9.59 Å². The first kappa shape index (κ1) is 18.1. The first-order valence-corrected chi connectivity index (χ1v) is 8.25. The van der Waals surface area contributed by atoms with Crippen molar-refractivity contribution >= 4 is 11.9 Å². The molecule has 1 atom stereocenters. The molecule has 0 saturated heterocycles. The van der Waals surface area contributed by atoms with E-state index in [1.165, 1.54) is 0 Å². The number of amides is 1. The highest BCUT2D eigenvalue weighted by atomic mass is 16.5. The maximum atomic E-state index is 11.9. The lowest BCUT2D eigenvalue weighted by Gasteiger charge is -2.18. The quantitative estimate of drug-likeness (QED) is 0.762. The van der Waals surface area contributed by atoms with E-state index in [2.05, 4.69) is 5.32 Å². The fourth-order valence-corrected chi connectivity index (χ4v) is 2.79. The smallest absolute Gasteiger partial charge is 0.308 e. The Morgan fingerprint density at radius 1 is 1.42 bits per heavy atom. The third-order valence-corrected chi connectivity index (χ3v) is 3.95. The molecule has 0 fully saturated rings. The normalized spacial score (nSPS) is 16.0. The Kier molecular flexibility index (Phi) is 5.70. The first-order valence-electron chi connectivity index (χ1n) is 8.25. The number of hydrogen-bond donors (Lipinski definition) is 2. The van der Waals surface area contributed by atoms with Crippen molar-refractivity contribution in [2.45, 2.75) is 45.6 Å². The molecule has 0 aliphatic carbocycles. The molecule has 132 valence electrons. The summed E-state index contributed by atoms with van der Waals surface area (Å²) in [6, 6.07) is 5.63. The molecule has 6 heteroatoms. The van der Waals surface area contributed by atoms with E-state index in [-0.39, 0.29) is 24.7 Å². The Balaban J connectivity index is 1.87. The van der Waals surface area contributed by atoms with Gasteiger partial charge in [0.1, 0.15) is 5.60 Å². The Morgan fingerprint density at radius 3 is 2.83 bits per heavy atom. The number of carboxylic acid groups (broad SMARTS) is 1. The molecule has 24 heavy (non-hydrogen) atoms. The van der Waals surface area contributed by atoms with Crippen molar-refractivity contribution in [2.24, 2.45) is 5.92 Å². The van der Waals surface area contributed by atoms with Crippen molar-refractivity contribution in [3.8, 4) is 11.5 Å². The number of fused-ring (bicyclic) bond motifs is 1. The van der Waals surface area contributed by atoms with Gasteiger partial charge < -0.3 is 19.9 Å². The van der Waals surface area contributed by atoms with E-state index in [0.717, 1.165) is 18.4 Å². The van der Waals surface area contributed by atoms with E-state index in [1.54, 1.807) is 6.07 Å². The maximum absolute atomic E-state index is 11.9. The van der Waals surface area contributed by atoms with Crippen molar-refractivity contribution in [1.82, 2.24) is 5.32 Å². The van der Waals surface area contributed by atoms with Crippen molar-refractivity contribution in [3.63, 3.8) is 0 Å². The molecule has 0 radical (unpaired) electrons. The van der Waals surface area contributed by atoms with Gasteiger partial charge in [0.25, 0.3) is 5.91 Å². The van der Waals surface area contributed by atoms with Gasteiger partial charge in [0.15, 0.2) is 18.1 Å². The molecule has 6 nitrogen and oxygen atoms in total. The predicted octanol–water partition coefficient (Wildman–Crippen LogP) is 2.40. The van der Waals surface area contributed by atoms with Crippen LogP contribution >= 0.6 is 0 Å². The van der Waals surface area contributed by atoms with Crippen molar-refractivity contribution in [1.29, 1.82) is 0 Å². The van der Waals surface area contributed by atoms with Gasteiger partial charge in [0.2, 0.25) is 0 Å². The number of carbonyl (C=O) groups is 2. The van der Waals surface area contributed by atoms with Gasteiger partial charge in [-0.25, -0.2) is 0 Å². The zero-order valence-corrected chi connectivity index (χ0v) is 14.4. The summed E-state index contributed by atoms with van der Waals surface area (Å²) < 4.78 is 11.5. The topological polar surface area (TPSA) is 84.9 Å². The average Bonchev–Trinajstić information content (AvgIpc) is 2.83. The maximum Gasteiger partial charge on any atom is 0.308 e. The van der Waals surface area contributed by atoms with Crippen LogP contribution in [-0.2, 0) is 16.0 Å². The van der Waals surface area contributed by atoms with Crippen LogP contribution in [0.25, 0.3) is 0 Å². The minimum Gasteiger partial charge on any atom is -0.483 e. The zero-order chi connectivity index (χ0) is 17.7. The second-order valence-electron chi connectivity index (χ2n) is 6.70. The summed E-state index contributed by atoms with van der Waals surface area (Å²) in [7, 11) is 0. The van der Waals surface area contributed by atoms with Crippen LogP contribution in [0.5, 0.6) is 11.5 Å². The van der Waals surface area contributed by atoms with E-state index in [4.69, 9.17) is 14.6 Å². The molecule has 0 aromatic heterocycles. The Hall–Kier alpha value is -2.24. The number of benzene rings is 1. The standard InChI is InChI=1S/C18H25NO5/c1-4-6-13(17(21)22)10-19-15(20)11-23-14-8-5-7-12-9-18(2,3)24-16(12)14/h5,7-8,13H,4,6,9-11H2,1-3H3,(H,19,20)(H,21,22). The molecule has 1 amide bonds. The van der Waals surface area contributed by atoms with Crippen LogP contribution in [-0.4, -0.2) is 35.7 Å². The number of carbonyl (C=O) groups excluding carboxylic acids is 1. The number of carboxylic acids is 1. The van der Waals surface area contributed by atoms with E-state index < -0.39 is 11.9 Å². The van der Waals surface area contributed by atoms with Gasteiger partial charge in [-0.05, 0) is 26.3 Å². The average molecular weight is 335 g/mol. The SMILES string of the molecule is CCCC(CNC(=O)COc1cccc2c1OC(C)(C)C2)C(=O)O. The molecule has 2 rings (SSSR count). The van der Waals surface area contributed by atoms with Crippen LogP contribution in [0.2, 0.25) is 0 Å². The lowest BCUT2D eigenvalue weighted by Crippen LogP contribution is -2.35. The third kappa shape index (κ3) is 4.63. The zero-order valence-electron chi connectivity index (χ0n) is 14.4. The minimum atomic E-state index is -0.894. The second kappa shape index (κ2) is 7.55. The molecule has 1 heterocycles. The van der Waals surface area contributed by atoms with Gasteiger partial charge in [-0.2, -0.15) is 0 Å². The van der Waals surface area contributed by atoms with Gasteiger partial charge >= 0.3 is 5.97 Å². The Labute approximate surface area is 142 Å². The lowest BCUT2D eigenvalue weighted by atomic mass is 10.0. The van der Waals surface area contributed by atoms with Crippen LogP contribution in [0.4, 0.5) is 0 Å². The van der Waals surface area contributed by atoms with Gasteiger partial charge in [-0.1, -0.05) is 25.5 Å². The number of hydrogen-bond acceptors (Lipinski definition) is 4. The molecule has 1 aromatic carbocycles. The van der Waals surface area contributed by atoms with Crippen LogP contribution in [0.3, 0.4) is 0 Å². The number of nitrogens with one attached hydrogen (secondary N) is 1. The van der Waals surface area contributed by atoms with Crippen LogP contribution in [0.15, 0.2) is 18.2 Å². The van der Waals surface area contributed by atoms with Crippen LogP contribution < -0.4 is 14.8 Å². The predicted molar refractivity (Wildman–Crippen MR) is 89.4 cm³/mol. The summed E-state index contributed by atoms with van der Waals surface area (Å²) in [4.78, 5) is 23.0. The van der Waals surface area contributed by atoms with E-state index in [9.17, 15) is 9.59 Å². The van der Waals surface area contributed by atoms with Crippen molar-refractivity contribution in [2.75, 3.05) is 13.2 Å². The first-order chi connectivity index (χ1) is 11.3. The van der Waals surface area contributed by atoms with Crippen molar-refractivity contribution < 1.29 is 24.2 Å². The molecular weight excluding hydrogens is 310 g/mol. The molecule has 1 aliphatic heterocycles. The number of rotatable bonds is 8. The molecule has 2 N–H and O–H groups in total. The largest absolute Gasteiger partial charge is 0.483 e. The number of para-hydroxylation sites is 1. The third-order valence-electron chi connectivity index (χ3n) is 3.95. The monoisotopic (exact) mass is 335 g/mol. The Morgan fingerprint density at radius 2 is 2.17 bits per heavy atom. The second-order valence-corrected chi connectivity index (χ2v) is 6.70. The van der Waals surface area contributed by atoms with Crippen LogP contribution in [0, 0.1) is 5.92 Å². The molecule has 0 saturated carbocycles. The molecule has 1 aromatic rings. The Bertz CT molecular complexity index is 611. The number of ether oxygens (including phenoxy) is 2. The highest BCUT2D eigenvalue weighted by Gasteiger charge is 2.32. The minimum absolute atomic E-state index is 0.113. The van der Waals surface area contributed by atoms with Gasteiger partial charge in [0.05, 0.1) is 5.92 Å². The summed E-state index contributed by atoms with van der Waals surface area (Å²) >= 11 is 0. The van der Waals surface area contributed by atoms with Gasteiger partial charge in [0, 0.05) is 18.5 Å². The van der Waals surface area contributed by atoms with Gasteiger partial charge in [-0.15, -0.1) is 0 Å². The number of aliphatic carboxylic acids is 1. The highest BCUT2D eigenvalue weighted by molar-refractivity contribution is 5.78.